The number of azide groups is 1. The maximum Gasteiger partial charge on any atom is 0.119 e. The second-order valence-electron chi connectivity index (χ2n) is 4.91. The number of nitrogens with zero attached hydrogens (tertiary/aromatic N) is 3. The highest BCUT2D eigenvalue weighted by Gasteiger charge is 2.07. The molecule has 0 fully saturated rings. The molecule has 0 spiro atoms. The SMILES string of the molecule is CCC(CC)COc1cccc(C[C@H](O)CN=[N+]=[N-])c1. The van der Waals surface area contributed by atoms with Gasteiger partial charge in [-0.15, -0.1) is 0 Å². The third-order valence-corrected chi connectivity index (χ3v) is 3.37. The number of aliphatic hydroxyl groups excluding tert-OH is 1. The molecule has 1 rings (SSSR count). The van der Waals surface area contributed by atoms with E-state index in [4.69, 9.17) is 10.3 Å². The molecule has 1 aromatic rings. The fourth-order valence-electron chi connectivity index (χ4n) is 1.97. The molecule has 0 bridgehead atoms. The Bertz CT molecular complexity index is 440. The van der Waals surface area contributed by atoms with Crippen LogP contribution in [0.5, 0.6) is 5.75 Å². The zero-order chi connectivity index (χ0) is 14.8. The second-order valence-corrected chi connectivity index (χ2v) is 4.91. The van der Waals surface area contributed by atoms with Crippen LogP contribution in [-0.4, -0.2) is 24.4 Å². The van der Waals surface area contributed by atoms with E-state index < -0.39 is 6.10 Å². The fourth-order valence-corrected chi connectivity index (χ4v) is 1.97. The van der Waals surface area contributed by atoms with Crippen LogP contribution in [-0.2, 0) is 6.42 Å². The number of hydrogen-bond donors (Lipinski definition) is 1. The predicted octanol–water partition coefficient (Wildman–Crippen LogP) is 3.72. The van der Waals surface area contributed by atoms with E-state index in [1.54, 1.807) is 0 Å². The van der Waals surface area contributed by atoms with Crippen LogP contribution in [0.2, 0.25) is 0 Å². The third kappa shape index (κ3) is 5.95. The molecule has 0 heterocycles. The molecule has 0 aromatic heterocycles. The van der Waals surface area contributed by atoms with E-state index in [1.807, 2.05) is 24.3 Å². The van der Waals surface area contributed by atoms with Gasteiger partial charge in [-0.05, 0) is 35.6 Å². The summed E-state index contributed by atoms with van der Waals surface area (Å²) in [4.78, 5) is 2.64. The van der Waals surface area contributed by atoms with Gasteiger partial charge in [-0.3, -0.25) is 0 Å². The summed E-state index contributed by atoms with van der Waals surface area (Å²) >= 11 is 0. The zero-order valence-electron chi connectivity index (χ0n) is 12.2. The van der Waals surface area contributed by atoms with Crippen LogP contribution in [0.15, 0.2) is 29.4 Å². The topological polar surface area (TPSA) is 78.2 Å². The molecule has 0 saturated carbocycles. The van der Waals surface area contributed by atoms with Crippen molar-refractivity contribution in [3.8, 4) is 5.75 Å². The minimum atomic E-state index is -0.653. The second kappa shape index (κ2) is 9.23. The van der Waals surface area contributed by atoms with Gasteiger partial charge in [0.2, 0.25) is 0 Å². The van der Waals surface area contributed by atoms with Gasteiger partial charge >= 0.3 is 0 Å². The summed E-state index contributed by atoms with van der Waals surface area (Å²) in [7, 11) is 0. The number of benzene rings is 1. The van der Waals surface area contributed by atoms with Crippen molar-refractivity contribution >= 4 is 0 Å². The van der Waals surface area contributed by atoms with Crippen molar-refractivity contribution in [2.75, 3.05) is 13.2 Å². The van der Waals surface area contributed by atoms with Gasteiger partial charge in [-0.2, -0.15) is 0 Å². The number of aliphatic hydroxyl groups is 1. The van der Waals surface area contributed by atoms with E-state index in [0.29, 0.717) is 12.3 Å². The van der Waals surface area contributed by atoms with Gasteiger partial charge in [0.05, 0.1) is 19.3 Å². The zero-order valence-corrected chi connectivity index (χ0v) is 12.2. The molecule has 0 unspecified atom stereocenters. The largest absolute Gasteiger partial charge is 0.493 e. The normalized spacial score (nSPS) is 12.0. The van der Waals surface area contributed by atoms with Crippen molar-refractivity contribution in [3.05, 3.63) is 40.3 Å². The molecule has 110 valence electrons. The molecule has 20 heavy (non-hydrogen) atoms. The molecule has 5 nitrogen and oxygen atoms in total. The van der Waals surface area contributed by atoms with Crippen molar-refractivity contribution in [1.82, 2.24) is 0 Å². The van der Waals surface area contributed by atoms with Gasteiger partial charge in [0.15, 0.2) is 0 Å². The Morgan fingerprint density at radius 3 is 2.75 bits per heavy atom. The van der Waals surface area contributed by atoms with Gasteiger partial charge in [-0.25, -0.2) is 0 Å². The first-order chi connectivity index (χ1) is 9.69. The standard InChI is InChI=1S/C15H23N3O2/c1-3-12(4-2)11-20-15-7-5-6-13(9-15)8-14(19)10-17-18-16/h5-7,9,12,14,19H,3-4,8,10-11H2,1-2H3/t14-/m0/s1. The van der Waals surface area contributed by atoms with Crippen LogP contribution in [0, 0.1) is 5.92 Å². The lowest BCUT2D eigenvalue weighted by molar-refractivity contribution is 0.183. The van der Waals surface area contributed by atoms with Gasteiger partial charge in [0.1, 0.15) is 5.75 Å². The molecule has 1 atom stereocenters. The Labute approximate surface area is 120 Å². The van der Waals surface area contributed by atoms with E-state index in [9.17, 15) is 5.11 Å². The highest BCUT2D eigenvalue weighted by Crippen LogP contribution is 2.17. The van der Waals surface area contributed by atoms with Crippen LogP contribution in [0.3, 0.4) is 0 Å². The maximum atomic E-state index is 9.71. The Balaban J connectivity index is 2.54. The van der Waals surface area contributed by atoms with Crippen LogP contribution in [0.4, 0.5) is 0 Å². The minimum Gasteiger partial charge on any atom is -0.493 e. The first kappa shape index (κ1) is 16.3. The van der Waals surface area contributed by atoms with Crippen molar-refractivity contribution in [1.29, 1.82) is 0 Å². The van der Waals surface area contributed by atoms with Gasteiger partial charge in [0.25, 0.3) is 0 Å². The molecule has 0 aliphatic carbocycles. The average molecular weight is 277 g/mol. The first-order valence-corrected chi connectivity index (χ1v) is 7.10. The summed E-state index contributed by atoms with van der Waals surface area (Å²) < 4.78 is 5.79. The van der Waals surface area contributed by atoms with Gasteiger partial charge < -0.3 is 9.84 Å². The number of ether oxygens (including phenoxy) is 1. The number of hydrogen-bond acceptors (Lipinski definition) is 3. The van der Waals surface area contributed by atoms with E-state index in [0.717, 1.165) is 30.8 Å². The van der Waals surface area contributed by atoms with E-state index in [1.165, 1.54) is 0 Å². The van der Waals surface area contributed by atoms with Crippen LogP contribution >= 0.6 is 0 Å². The molecular weight excluding hydrogens is 254 g/mol. The summed E-state index contributed by atoms with van der Waals surface area (Å²) in [6.45, 7) is 5.15. The monoisotopic (exact) mass is 277 g/mol. The molecule has 0 saturated heterocycles. The Hall–Kier alpha value is -1.71. The van der Waals surface area contributed by atoms with Crippen LogP contribution in [0.1, 0.15) is 32.3 Å². The average Bonchev–Trinajstić information content (AvgIpc) is 2.46. The van der Waals surface area contributed by atoms with E-state index in [-0.39, 0.29) is 6.54 Å². The maximum absolute atomic E-state index is 9.71. The summed E-state index contributed by atoms with van der Waals surface area (Å²) in [5.74, 6) is 1.40. The van der Waals surface area contributed by atoms with Crippen molar-refractivity contribution < 1.29 is 9.84 Å². The lowest BCUT2D eigenvalue weighted by Crippen LogP contribution is -2.14. The molecule has 0 aliphatic rings. The Morgan fingerprint density at radius 1 is 1.35 bits per heavy atom. The number of rotatable bonds is 9. The quantitative estimate of drug-likeness (QED) is 0.424. The van der Waals surface area contributed by atoms with Crippen LogP contribution < -0.4 is 4.74 Å². The molecule has 1 aromatic carbocycles. The van der Waals surface area contributed by atoms with Gasteiger partial charge in [0, 0.05) is 4.91 Å². The summed E-state index contributed by atoms with van der Waals surface area (Å²) in [5, 5.41) is 13.1. The third-order valence-electron chi connectivity index (χ3n) is 3.37. The Kier molecular flexibility index (Phi) is 7.55. The molecule has 5 heteroatoms. The fraction of sp³-hybridized carbons (Fsp3) is 0.600. The summed E-state index contributed by atoms with van der Waals surface area (Å²) in [5.41, 5.74) is 9.20. The summed E-state index contributed by atoms with van der Waals surface area (Å²) in [6.07, 6.45) is 2.03. The van der Waals surface area contributed by atoms with Crippen LogP contribution in [0.25, 0.3) is 10.4 Å². The minimum absolute atomic E-state index is 0.0926. The van der Waals surface area contributed by atoms with Crippen molar-refractivity contribution in [3.63, 3.8) is 0 Å². The van der Waals surface area contributed by atoms with Crippen molar-refractivity contribution in [2.24, 2.45) is 11.0 Å². The lowest BCUT2D eigenvalue weighted by Gasteiger charge is -2.15. The molecule has 0 radical (unpaired) electrons. The molecule has 1 N–H and O–H groups in total. The highest BCUT2D eigenvalue weighted by molar-refractivity contribution is 5.29. The van der Waals surface area contributed by atoms with E-state index >= 15 is 0 Å². The van der Waals surface area contributed by atoms with Gasteiger partial charge in [-0.1, -0.05) is 43.9 Å². The molecule has 0 amide bonds. The molecular formula is C15H23N3O2. The smallest absolute Gasteiger partial charge is 0.119 e. The summed E-state index contributed by atoms with van der Waals surface area (Å²) in [6, 6.07) is 7.70. The van der Waals surface area contributed by atoms with Crippen molar-refractivity contribution in [2.45, 2.75) is 39.2 Å². The lowest BCUT2D eigenvalue weighted by atomic mass is 10.1. The van der Waals surface area contributed by atoms with E-state index in [2.05, 4.69) is 23.9 Å². The predicted molar refractivity (Wildman–Crippen MR) is 79.7 cm³/mol. The Morgan fingerprint density at radius 2 is 2.10 bits per heavy atom. The first-order valence-electron chi connectivity index (χ1n) is 7.10. The molecule has 0 aliphatic heterocycles. The highest BCUT2D eigenvalue weighted by atomic mass is 16.5.